The molecule has 0 spiro atoms. The number of Topliss-reactive ketones (excluding diaryl/α,β-unsaturated/α-hetero) is 1. The summed E-state index contributed by atoms with van der Waals surface area (Å²) in [5.41, 5.74) is 0.483. The van der Waals surface area contributed by atoms with Gasteiger partial charge in [-0.25, -0.2) is 4.79 Å². The zero-order valence-electron chi connectivity index (χ0n) is 8.07. The van der Waals surface area contributed by atoms with Crippen LogP contribution in [-0.4, -0.2) is 23.5 Å². The van der Waals surface area contributed by atoms with E-state index in [0.717, 1.165) is 4.47 Å². The van der Waals surface area contributed by atoms with Crippen LogP contribution in [0.5, 0.6) is 0 Å². The number of halogens is 1. The van der Waals surface area contributed by atoms with E-state index in [1.165, 1.54) is 0 Å². The molecule has 2 rings (SSSR count). The molecule has 1 heterocycles. The van der Waals surface area contributed by atoms with Crippen molar-refractivity contribution in [2.75, 3.05) is 6.61 Å². The van der Waals surface area contributed by atoms with Gasteiger partial charge in [-0.15, -0.1) is 0 Å². The molecule has 0 bridgehead atoms. The van der Waals surface area contributed by atoms with Crippen LogP contribution in [0.1, 0.15) is 5.56 Å². The van der Waals surface area contributed by atoms with Gasteiger partial charge in [0.15, 0.2) is 0 Å². The van der Waals surface area contributed by atoms with E-state index in [9.17, 15) is 14.7 Å². The Kier molecular flexibility index (Phi) is 2.78. The van der Waals surface area contributed by atoms with Crippen LogP contribution in [0.3, 0.4) is 0 Å². The number of carbonyl (C=O) groups is 2. The first-order valence-corrected chi connectivity index (χ1v) is 5.28. The van der Waals surface area contributed by atoms with Crippen molar-refractivity contribution in [1.82, 2.24) is 0 Å². The van der Waals surface area contributed by atoms with Crippen molar-refractivity contribution < 1.29 is 19.4 Å². The number of aliphatic hydroxyl groups excluding tert-OH is 1. The summed E-state index contributed by atoms with van der Waals surface area (Å²) in [6.07, 6.45) is 0. The van der Waals surface area contributed by atoms with Gasteiger partial charge in [-0.2, -0.15) is 0 Å². The van der Waals surface area contributed by atoms with Crippen molar-refractivity contribution in [3.05, 3.63) is 39.9 Å². The predicted molar refractivity (Wildman–Crippen MR) is 59.7 cm³/mol. The Hall–Kier alpha value is -1.62. The van der Waals surface area contributed by atoms with E-state index in [2.05, 4.69) is 20.7 Å². The minimum atomic E-state index is -0.918. The van der Waals surface area contributed by atoms with Crippen LogP contribution in [0.4, 0.5) is 0 Å². The van der Waals surface area contributed by atoms with Gasteiger partial charge in [0.05, 0.1) is 5.57 Å². The predicted octanol–water partition coefficient (Wildman–Crippen LogP) is 1.84. The summed E-state index contributed by atoms with van der Waals surface area (Å²) in [6, 6.07) is 6.74. The number of hydrogen-bond donors (Lipinski definition) is 1. The second-order valence-corrected chi connectivity index (χ2v) is 4.15. The first kappa shape index (κ1) is 10.9. The monoisotopic (exact) mass is 282 g/mol. The third-order valence-electron chi connectivity index (χ3n) is 2.21. The topological polar surface area (TPSA) is 63.6 Å². The normalized spacial score (nSPS) is 18.6. The number of benzene rings is 1. The molecule has 16 heavy (non-hydrogen) atoms. The first-order valence-electron chi connectivity index (χ1n) is 4.49. The van der Waals surface area contributed by atoms with E-state index in [0.29, 0.717) is 5.56 Å². The van der Waals surface area contributed by atoms with Gasteiger partial charge in [0.2, 0.25) is 0 Å². The minimum Gasteiger partial charge on any atom is -0.507 e. The molecule has 1 N–H and O–H groups in total. The lowest BCUT2D eigenvalue weighted by atomic mass is 10.1. The molecule has 0 amide bonds. The number of aliphatic hydroxyl groups is 1. The Labute approximate surface area is 99.7 Å². The summed E-state index contributed by atoms with van der Waals surface area (Å²) in [4.78, 5) is 22.1. The zero-order chi connectivity index (χ0) is 11.7. The molecule has 1 saturated heterocycles. The lowest BCUT2D eigenvalue weighted by molar-refractivity contribution is -0.146. The Balaban J connectivity index is 2.41. The van der Waals surface area contributed by atoms with Crippen molar-refractivity contribution in [3.63, 3.8) is 0 Å². The standard InChI is InChI=1S/C11H7BrO4/c12-7-3-1-6(2-4-7)9(13)8-5-16-11(15)10(8)14/h1-4,13H,5H2. The van der Waals surface area contributed by atoms with Crippen molar-refractivity contribution >= 4 is 33.4 Å². The van der Waals surface area contributed by atoms with Crippen molar-refractivity contribution in [1.29, 1.82) is 0 Å². The van der Waals surface area contributed by atoms with E-state index < -0.39 is 11.8 Å². The van der Waals surface area contributed by atoms with Gasteiger partial charge in [0, 0.05) is 10.0 Å². The Morgan fingerprint density at radius 2 is 1.88 bits per heavy atom. The van der Waals surface area contributed by atoms with Crippen molar-refractivity contribution in [2.24, 2.45) is 0 Å². The van der Waals surface area contributed by atoms with E-state index in [-0.39, 0.29) is 17.9 Å². The van der Waals surface area contributed by atoms with Gasteiger partial charge in [-0.1, -0.05) is 28.1 Å². The van der Waals surface area contributed by atoms with Crippen LogP contribution in [-0.2, 0) is 14.3 Å². The molecule has 0 atom stereocenters. The smallest absolute Gasteiger partial charge is 0.379 e. The van der Waals surface area contributed by atoms with Crippen molar-refractivity contribution in [2.45, 2.75) is 0 Å². The maximum Gasteiger partial charge on any atom is 0.379 e. The fourth-order valence-corrected chi connectivity index (χ4v) is 1.61. The molecule has 1 fully saturated rings. The van der Waals surface area contributed by atoms with Gasteiger partial charge >= 0.3 is 5.97 Å². The molecular weight excluding hydrogens is 276 g/mol. The summed E-state index contributed by atoms with van der Waals surface area (Å²) in [6.45, 7) is -0.167. The summed E-state index contributed by atoms with van der Waals surface area (Å²) in [7, 11) is 0. The molecule has 0 radical (unpaired) electrons. The number of ketones is 1. The maximum atomic E-state index is 11.3. The Bertz CT molecular complexity index is 487. The Morgan fingerprint density at radius 3 is 2.38 bits per heavy atom. The fraction of sp³-hybridized carbons (Fsp3) is 0.0909. The largest absolute Gasteiger partial charge is 0.507 e. The van der Waals surface area contributed by atoms with Gasteiger partial charge < -0.3 is 9.84 Å². The molecule has 4 nitrogen and oxygen atoms in total. The van der Waals surface area contributed by atoms with E-state index >= 15 is 0 Å². The highest BCUT2D eigenvalue weighted by atomic mass is 79.9. The van der Waals surface area contributed by atoms with Crippen LogP contribution >= 0.6 is 15.9 Å². The van der Waals surface area contributed by atoms with E-state index in [1.54, 1.807) is 24.3 Å². The molecule has 1 aromatic rings. The average Bonchev–Trinajstić information content (AvgIpc) is 2.60. The SMILES string of the molecule is O=C1OCC(=C(O)c2ccc(Br)cc2)C1=O. The summed E-state index contributed by atoms with van der Waals surface area (Å²) >= 11 is 3.26. The number of carbonyl (C=O) groups excluding carboxylic acids is 2. The molecule has 0 aliphatic carbocycles. The third-order valence-corrected chi connectivity index (χ3v) is 2.74. The number of esters is 1. The molecule has 0 unspecified atom stereocenters. The Morgan fingerprint density at radius 1 is 1.25 bits per heavy atom. The molecule has 0 aromatic heterocycles. The molecule has 1 aliphatic rings. The third kappa shape index (κ3) is 1.86. The van der Waals surface area contributed by atoms with Crippen LogP contribution < -0.4 is 0 Å². The van der Waals surface area contributed by atoms with Gasteiger partial charge in [0.1, 0.15) is 12.4 Å². The molecule has 5 heteroatoms. The number of ether oxygens (including phenoxy) is 1. The molecule has 0 saturated carbocycles. The van der Waals surface area contributed by atoms with Gasteiger partial charge in [-0.3, -0.25) is 4.79 Å². The van der Waals surface area contributed by atoms with Crippen molar-refractivity contribution in [3.8, 4) is 0 Å². The lowest BCUT2D eigenvalue weighted by Gasteiger charge is -2.02. The summed E-state index contributed by atoms with van der Waals surface area (Å²) in [5.74, 6) is -1.90. The molecule has 82 valence electrons. The summed E-state index contributed by atoms with van der Waals surface area (Å²) in [5, 5.41) is 9.81. The van der Waals surface area contributed by atoms with E-state index in [4.69, 9.17) is 0 Å². The number of hydrogen-bond acceptors (Lipinski definition) is 4. The van der Waals surface area contributed by atoms with E-state index in [1.807, 2.05) is 0 Å². The summed E-state index contributed by atoms with van der Waals surface area (Å²) < 4.78 is 5.39. The van der Waals surface area contributed by atoms with Crippen LogP contribution in [0.2, 0.25) is 0 Å². The lowest BCUT2D eigenvalue weighted by Crippen LogP contribution is -2.07. The number of cyclic esters (lactones) is 1. The highest BCUT2D eigenvalue weighted by Crippen LogP contribution is 2.22. The highest BCUT2D eigenvalue weighted by Gasteiger charge is 2.32. The van der Waals surface area contributed by atoms with Crippen LogP contribution in [0.25, 0.3) is 5.76 Å². The van der Waals surface area contributed by atoms with Gasteiger partial charge in [0.25, 0.3) is 5.78 Å². The number of rotatable bonds is 1. The zero-order valence-corrected chi connectivity index (χ0v) is 9.65. The molecular formula is C11H7BrO4. The first-order chi connectivity index (χ1) is 7.59. The maximum absolute atomic E-state index is 11.3. The average molecular weight is 283 g/mol. The second kappa shape index (κ2) is 4.09. The molecule has 1 aliphatic heterocycles. The highest BCUT2D eigenvalue weighted by molar-refractivity contribution is 9.10. The van der Waals surface area contributed by atoms with Crippen LogP contribution in [0.15, 0.2) is 34.3 Å². The quantitative estimate of drug-likeness (QED) is 0.370. The second-order valence-electron chi connectivity index (χ2n) is 3.24. The fourth-order valence-electron chi connectivity index (χ4n) is 1.35. The minimum absolute atomic E-state index is 0.00678. The van der Waals surface area contributed by atoms with Crippen LogP contribution in [0, 0.1) is 0 Å². The molecule has 1 aromatic carbocycles. The van der Waals surface area contributed by atoms with Gasteiger partial charge in [-0.05, 0) is 12.1 Å².